The molecule has 3 aromatic heterocycles. The Hall–Kier alpha value is -2.73. The highest BCUT2D eigenvalue weighted by Gasteiger charge is 2.44. The first-order chi connectivity index (χ1) is 15.0. The molecule has 5 rings (SSSR count). The van der Waals surface area contributed by atoms with E-state index in [1.165, 1.54) is 48.2 Å². The van der Waals surface area contributed by atoms with Crippen molar-refractivity contribution in [3.05, 3.63) is 77.0 Å². The van der Waals surface area contributed by atoms with Crippen LogP contribution in [0.25, 0.3) is 5.82 Å². The molecule has 2 aliphatic rings. The maximum atomic E-state index is 5.89. The smallest absolute Gasteiger partial charge is 0.170 e. The molecule has 0 spiro atoms. The van der Waals surface area contributed by atoms with E-state index < -0.39 is 0 Å². The summed E-state index contributed by atoms with van der Waals surface area (Å²) in [6.45, 7) is 6.48. The molecular formula is C25H29N5S. The molecule has 0 amide bonds. The van der Waals surface area contributed by atoms with Crippen LogP contribution in [0.1, 0.15) is 66.0 Å². The zero-order valence-electron chi connectivity index (χ0n) is 18.4. The minimum Gasteiger partial charge on any atom is -0.352 e. The van der Waals surface area contributed by atoms with Gasteiger partial charge in [0.15, 0.2) is 5.11 Å². The largest absolute Gasteiger partial charge is 0.352 e. The third-order valence-electron chi connectivity index (χ3n) is 6.77. The highest BCUT2D eigenvalue weighted by molar-refractivity contribution is 7.80. The van der Waals surface area contributed by atoms with E-state index in [4.69, 9.17) is 17.2 Å². The molecule has 0 radical (unpaired) electrons. The number of aryl methyl sites for hydroxylation is 2. The Morgan fingerprint density at radius 3 is 2.52 bits per heavy atom. The van der Waals surface area contributed by atoms with E-state index in [2.05, 4.69) is 64.8 Å². The second-order valence-corrected chi connectivity index (χ2v) is 9.21. The molecule has 2 atom stereocenters. The minimum atomic E-state index is 0.0359. The number of hydrogen-bond acceptors (Lipinski definition) is 3. The second kappa shape index (κ2) is 8.08. The van der Waals surface area contributed by atoms with Gasteiger partial charge < -0.3 is 14.8 Å². The van der Waals surface area contributed by atoms with Crippen LogP contribution in [0.3, 0.4) is 0 Å². The zero-order valence-corrected chi connectivity index (χ0v) is 19.2. The maximum absolute atomic E-state index is 5.89. The van der Waals surface area contributed by atoms with Crippen molar-refractivity contribution < 1.29 is 0 Å². The van der Waals surface area contributed by atoms with Crippen molar-refractivity contribution in [1.82, 2.24) is 24.8 Å². The molecule has 160 valence electrons. The molecule has 5 nitrogen and oxygen atoms in total. The van der Waals surface area contributed by atoms with Gasteiger partial charge >= 0.3 is 0 Å². The Labute approximate surface area is 189 Å². The van der Waals surface area contributed by atoms with Gasteiger partial charge in [0, 0.05) is 29.8 Å². The van der Waals surface area contributed by atoms with E-state index in [0.29, 0.717) is 6.04 Å². The van der Waals surface area contributed by atoms with E-state index in [1.54, 1.807) is 0 Å². The number of nitrogens with one attached hydrogen (secondary N) is 1. The van der Waals surface area contributed by atoms with Crippen molar-refractivity contribution in [2.24, 2.45) is 0 Å². The van der Waals surface area contributed by atoms with Gasteiger partial charge in [-0.3, -0.25) is 4.98 Å². The van der Waals surface area contributed by atoms with Gasteiger partial charge in [-0.15, -0.1) is 0 Å². The lowest BCUT2D eigenvalue weighted by atomic mass is 9.95. The van der Waals surface area contributed by atoms with Gasteiger partial charge in [0.1, 0.15) is 5.82 Å². The number of rotatable bonds is 4. The van der Waals surface area contributed by atoms with Crippen LogP contribution in [0.5, 0.6) is 0 Å². The molecule has 1 N–H and O–H groups in total. The first kappa shape index (κ1) is 20.2. The molecule has 3 aromatic rings. The second-order valence-electron chi connectivity index (χ2n) is 8.83. The molecule has 31 heavy (non-hydrogen) atoms. The van der Waals surface area contributed by atoms with E-state index in [9.17, 15) is 0 Å². The first-order valence-electron chi connectivity index (χ1n) is 11.2. The van der Waals surface area contributed by atoms with E-state index in [-0.39, 0.29) is 12.1 Å². The van der Waals surface area contributed by atoms with Crippen LogP contribution in [0.2, 0.25) is 0 Å². The molecule has 1 saturated carbocycles. The number of aromatic nitrogens is 3. The summed E-state index contributed by atoms with van der Waals surface area (Å²) in [5.41, 5.74) is 5.96. The number of thiocarbonyl (C=S) groups is 1. The van der Waals surface area contributed by atoms with Crippen molar-refractivity contribution >= 4 is 17.3 Å². The maximum Gasteiger partial charge on any atom is 0.170 e. The molecule has 0 unspecified atom stereocenters. The topological polar surface area (TPSA) is 46.0 Å². The number of pyridine rings is 2. The van der Waals surface area contributed by atoms with E-state index in [1.807, 2.05) is 24.5 Å². The fourth-order valence-electron chi connectivity index (χ4n) is 5.36. The van der Waals surface area contributed by atoms with Gasteiger partial charge in [-0.05, 0) is 87.3 Å². The van der Waals surface area contributed by atoms with Gasteiger partial charge in [-0.25, -0.2) is 4.98 Å². The standard InChI is InChI=1S/C25H29N5S/c1-16-11-13-27-22(14-16)29-17(2)15-20(18(29)3)24-23(21-10-6-7-12-26-21)28-25(31)30(24)19-8-4-5-9-19/h6-7,10-15,19,23-24H,4-5,8-9H2,1-3H3,(H,28,31)/t23-,24+/m1/s1. The fourth-order valence-corrected chi connectivity index (χ4v) is 5.75. The molecule has 1 saturated heterocycles. The molecule has 1 aliphatic heterocycles. The predicted molar refractivity (Wildman–Crippen MR) is 127 cm³/mol. The monoisotopic (exact) mass is 431 g/mol. The summed E-state index contributed by atoms with van der Waals surface area (Å²) in [7, 11) is 0. The SMILES string of the molecule is Cc1ccnc(-n2c(C)cc([C@H]3[C@@H](c4ccccn4)NC(=S)N3C3CCCC3)c2C)c1. The van der Waals surface area contributed by atoms with Crippen LogP contribution in [0, 0.1) is 20.8 Å². The fraction of sp³-hybridized carbons (Fsp3) is 0.400. The molecule has 0 bridgehead atoms. The minimum absolute atomic E-state index is 0.0359. The molecule has 4 heterocycles. The van der Waals surface area contributed by atoms with Crippen molar-refractivity contribution in [2.45, 2.75) is 64.6 Å². The van der Waals surface area contributed by atoms with Crippen molar-refractivity contribution in [3.8, 4) is 5.82 Å². The average molecular weight is 432 g/mol. The average Bonchev–Trinajstić information content (AvgIpc) is 3.46. The first-order valence-corrected chi connectivity index (χ1v) is 11.6. The Balaban J connectivity index is 1.64. The van der Waals surface area contributed by atoms with E-state index >= 15 is 0 Å². The molecule has 2 fully saturated rings. The predicted octanol–water partition coefficient (Wildman–Crippen LogP) is 5.11. The molecule has 6 heteroatoms. The third-order valence-corrected chi connectivity index (χ3v) is 7.10. The zero-order chi connectivity index (χ0) is 21.5. The lowest BCUT2D eigenvalue weighted by Crippen LogP contribution is -2.37. The summed E-state index contributed by atoms with van der Waals surface area (Å²) < 4.78 is 2.27. The number of hydrogen-bond donors (Lipinski definition) is 1. The van der Waals surface area contributed by atoms with Crippen LogP contribution < -0.4 is 5.32 Å². The van der Waals surface area contributed by atoms with Crippen LogP contribution in [-0.2, 0) is 0 Å². The van der Waals surface area contributed by atoms with Crippen molar-refractivity contribution in [2.75, 3.05) is 0 Å². The lowest BCUT2D eigenvalue weighted by molar-refractivity contribution is 0.245. The quantitative estimate of drug-likeness (QED) is 0.582. The lowest BCUT2D eigenvalue weighted by Gasteiger charge is -2.33. The number of nitrogens with zero attached hydrogens (tertiary/aromatic N) is 4. The molecular weight excluding hydrogens is 402 g/mol. The molecule has 0 aromatic carbocycles. The van der Waals surface area contributed by atoms with Crippen molar-refractivity contribution in [1.29, 1.82) is 0 Å². The van der Waals surface area contributed by atoms with Crippen LogP contribution >= 0.6 is 12.2 Å². The summed E-state index contributed by atoms with van der Waals surface area (Å²) in [6.07, 6.45) is 8.71. The Morgan fingerprint density at radius 2 is 1.81 bits per heavy atom. The van der Waals surface area contributed by atoms with Gasteiger partial charge in [0.05, 0.1) is 17.8 Å². The summed E-state index contributed by atoms with van der Waals surface area (Å²) in [6, 6.07) is 13.3. The Bertz CT molecular complexity index is 1100. The Kier molecular flexibility index (Phi) is 5.26. The third kappa shape index (κ3) is 3.53. The summed E-state index contributed by atoms with van der Waals surface area (Å²) >= 11 is 5.89. The highest BCUT2D eigenvalue weighted by atomic mass is 32.1. The van der Waals surface area contributed by atoms with Crippen LogP contribution in [0.15, 0.2) is 48.8 Å². The summed E-state index contributed by atoms with van der Waals surface area (Å²) in [4.78, 5) is 11.8. The normalized spacial score (nSPS) is 21.6. The van der Waals surface area contributed by atoms with Gasteiger partial charge in [0.25, 0.3) is 0 Å². The van der Waals surface area contributed by atoms with Crippen LogP contribution in [0.4, 0.5) is 0 Å². The van der Waals surface area contributed by atoms with Crippen LogP contribution in [-0.4, -0.2) is 30.6 Å². The van der Waals surface area contributed by atoms with E-state index in [0.717, 1.165) is 16.6 Å². The Morgan fingerprint density at radius 1 is 1.00 bits per heavy atom. The van der Waals surface area contributed by atoms with Gasteiger partial charge in [-0.2, -0.15) is 0 Å². The highest BCUT2D eigenvalue weighted by Crippen LogP contribution is 2.44. The van der Waals surface area contributed by atoms with Crippen molar-refractivity contribution in [3.63, 3.8) is 0 Å². The molecule has 1 aliphatic carbocycles. The van der Waals surface area contributed by atoms with Gasteiger partial charge in [0.2, 0.25) is 0 Å². The summed E-state index contributed by atoms with van der Waals surface area (Å²) in [5.74, 6) is 0.969. The summed E-state index contributed by atoms with van der Waals surface area (Å²) in [5, 5.41) is 4.47. The van der Waals surface area contributed by atoms with Gasteiger partial charge in [-0.1, -0.05) is 18.9 Å².